The van der Waals surface area contributed by atoms with E-state index in [1.807, 2.05) is 41.0 Å². The van der Waals surface area contributed by atoms with Crippen LogP contribution in [0.1, 0.15) is 33.1 Å². The summed E-state index contributed by atoms with van der Waals surface area (Å²) in [5.41, 5.74) is 0.854. The fourth-order valence-electron chi connectivity index (χ4n) is 3.99. The van der Waals surface area contributed by atoms with Gasteiger partial charge in [0.05, 0.1) is 12.5 Å². The average Bonchev–Trinajstić information content (AvgIpc) is 2.99. The van der Waals surface area contributed by atoms with Crippen LogP contribution in [0.3, 0.4) is 0 Å². The summed E-state index contributed by atoms with van der Waals surface area (Å²) in [5, 5.41) is 3.27. The van der Waals surface area contributed by atoms with Crippen molar-refractivity contribution in [1.29, 1.82) is 0 Å². The smallest absolute Gasteiger partial charge is 0.228 e. The number of nitrogens with zero attached hydrogens (tertiary/aromatic N) is 2. The van der Waals surface area contributed by atoms with Crippen LogP contribution in [-0.2, 0) is 9.59 Å². The van der Waals surface area contributed by atoms with E-state index in [1.54, 1.807) is 0 Å². The van der Waals surface area contributed by atoms with Crippen molar-refractivity contribution >= 4 is 17.5 Å². The van der Waals surface area contributed by atoms with Crippen molar-refractivity contribution in [3.05, 3.63) is 24.3 Å². The molecule has 2 amide bonds. The minimum Gasteiger partial charge on any atom is -0.494 e. The molecule has 1 N–H and O–H groups in total. The number of piperazine rings is 1. The number of amides is 2. The molecular weight excluding hydrogens is 330 g/mol. The lowest BCUT2D eigenvalue weighted by Gasteiger charge is -2.33. The Morgan fingerprint density at radius 1 is 1.19 bits per heavy atom. The third-order valence-corrected chi connectivity index (χ3v) is 5.22. The summed E-state index contributed by atoms with van der Waals surface area (Å²) in [7, 11) is 0. The van der Waals surface area contributed by atoms with Crippen LogP contribution in [-0.4, -0.2) is 55.5 Å². The molecule has 0 saturated carbocycles. The van der Waals surface area contributed by atoms with Crippen LogP contribution in [0, 0.1) is 5.92 Å². The van der Waals surface area contributed by atoms with Crippen LogP contribution >= 0.6 is 0 Å². The van der Waals surface area contributed by atoms with Crippen molar-refractivity contribution in [1.82, 2.24) is 10.2 Å². The van der Waals surface area contributed by atoms with E-state index in [0.29, 0.717) is 13.0 Å². The standard InChI is InChI=1S/C20H29N3O3/c1-3-5-18-17(20(25)22-12-10-21-11-13-22)14-19(24)23(18)15-6-8-16(9-7-15)26-4-2/h6-9,17-18,21H,3-5,10-14H2,1-2H3/t17-,18+/m0/s1. The van der Waals surface area contributed by atoms with E-state index in [2.05, 4.69) is 12.2 Å². The van der Waals surface area contributed by atoms with Gasteiger partial charge in [-0.05, 0) is 37.6 Å². The number of nitrogens with one attached hydrogen (secondary N) is 1. The Bertz CT molecular complexity index is 626. The van der Waals surface area contributed by atoms with E-state index in [9.17, 15) is 9.59 Å². The molecule has 2 fully saturated rings. The first kappa shape index (κ1) is 18.7. The first-order chi connectivity index (χ1) is 12.7. The summed E-state index contributed by atoms with van der Waals surface area (Å²) in [6.07, 6.45) is 2.08. The highest BCUT2D eigenvalue weighted by Crippen LogP contribution is 2.35. The molecule has 0 aromatic heterocycles. The van der Waals surface area contributed by atoms with Crippen molar-refractivity contribution < 1.29 is 14.3 Å². The number of carbonyl (C=O) groups excluding carboxylic acids is 2. The Labute approximate surface area is 155 Å². The highest BCUT2D eigenvalue weighted by molar-refractivity contribution is 6.01. The van der Waals surface area contributed by atoms with Crippen LogP contribution in [0.15, 0.2) is 24.3 Å². The van der Waals surface area contributed by atoms with E-state index in [-0.39, 0.29) is 23.8 Å². The maximum atomic E-state index is 13.0. The van der Waals surface area contributed by atoms with Crippen molar-refractivity contribution in [2.75, 3.05) is 37.7 Å². The highest BCUT2D eigenvalue weighted by Gasteiger charge is 2.45. The lowest BCUT2D eigenvalue weighted by molar-refractivity contribution is -0.137. The van der Waals surface area contributed by atoms with Crippen molar-refractivity contribution in [3.8, 4) is 5.75 Å². The molecule has 1 aromatic carbocycles. The molecule has 0 aliphatic carbocycles. The van der Waals surface area contributed by atoms with Gasteiger partial charge in [-0.25, -0.2) is 0 Å². The monoisotopic (exact) mass is 359 g/mol. The predicted octanol–water partition coefficient (Wildman–Crippen LogP) is 2.04. The predicted molar refractivity (Wildman–Crippen MR) is 101 cm³/mol. The summed E-state index contributed by atoms with van der Waals surface area (Å²) in [4.78, 5) is 29.6. The van der Waals surface area contributed by atoms with Gasteiger partial charge in [0, 0.05) is 44.3 Å². The molecule has 2 heterocycles. The molecule has 2 saturated heterocycles. The first-order valence-corrected chi connectivity index (χ1v) is 9.70. The van der Waals surface area contributed by atoms with Gasteiger partial charge in [-0.2, -0.15) is 0 Å². The highest BCUT2D eigenvalue weighted by atomic mass is 16.5. The molecule has 2 atom stereocenters. The molecule has 3 rings (SSSR count). The van der Waals surface area contributed by atoms with E-state index >= 15 is 0 Å². The summed E-state index contributed by atoms with van der Waals surface area (Å²) < 4.78 is 5.49. The summed E-state index contributed by atoms with van der Waals surface area (Å²) in [5.74, 6) is 0.725. The lowest BCUT2D eigenvalue weighted by atomic mass is 9.94. The zero-order valence-electron chi connectivity index (χ0n) is 15.7. The summed E-state index contributed by atoms with van der Waals surface area (Å²) >= 11 is 0. The Morgan fingerprint density at radius 2 is 1.88 bits per heavy atom. The number of rotatable bonds is 6. The second kappa shape index (κ2) is 8.54. The van der Waals surface area contributed by atoms with E-state index in [0.717, 1.165) is 50.5 Å². The third-order valence-electron chi connectivity index (χ3n) is 5.22. The molecule has 0 radical (unpaired) electrons. The maximum Gasteiger partial charge on any atom is 0.228 e. The SMILES string of the molecule is CCC[C@@H]1[C@@H](C(=O)N2CCNCC2)CC(=O)N1c1ccc(OCC)cc1. The molecule has 0 unspecified atom stereocenters. The normalized spacial score (nSPS) is 23.4. The molecule has 6 heteroatoms. The van der Waals surface area contributed by atoms with E-state index < -0.39 is 0 Å². The zero-order valence-corrected chi connectivity index (χ0v) is 15.7. The van der Waals surface area contributed by atoms with Gasteiger partial charge in [0.2, 0.25) is 11.8 Å². The van der Waals surface area contributed by atoms with Gasteiger partial charge in [-0.3, -0.25) is 9.59 Å². The number of carbonyl (C=O) groups is 2. The Hall–Kier alpha value is -2.08. The number of hydrogen-bond acceptors (Lipinski definition) is 4. The van der Waals surface area contributed by atoms with Crippen molar-refractivity contribution in [2.45, 2.75) is 39.2 Å². The fourth-order valence-corrected chi connectivity index (χ4v) is 3.99. The van der Waals surface area contributed by atoms with Gasteiger partial charge >= 0.3 is 0 Å². The van der Waals surface area contributed by atoms with E-state index in [1.165, 1.54) is 0 Å². The average molecular weight is 359 g/mol. The third kappa shape index (κ3) is 3.85. The number of benzene rings is 1. The number of anilines is 1. The van der Waals surface area contributed by atoms with Crippen molar-refractivity contribution in [2.24, 2.45) is 5.92 Å². The molecule has 2 aliphatic rings. The Morgan fingerprint density at radius 3 is 2.50 bits per heavy atom. The lowest BCUT2D eigenvalue weighted by Crippen LogP contribution is -2.50. The fraction of sp³-hybridized carbons (Fsp3) is 0.600. The summed E-state index contributed by atoms with van der Waals surface area (Å²) in [6, 6.07) is 7.56. The molecule has 26 heavy (non-hydrogen) atoms. The van der Waals surface area contributed by atoms with Gasteiger partial charge in [0.15, 0.2) is 0 Å². The number of hydrogen-bond donors (Lipinski definition) is 1. The Balaban J connectivity index is 1.80. The summed E-state index contributed by atoms with van der Waals surface area (Å²) in [6.45, 7) is 7.77. The van der Waals surface area contributed by atoms with Crippen LogP contribution in [0.4, 0.5) is 5.69 Å². The van der Waals surface area contributed by atoms with Crippen molar-refractivity contribution in [3.63, 3.8) is 0 Å². The quantitative estimate of drug-likeness (QED) is 0.844. The first-order valence-electron chi connectivity index (χ1n) is 9.70. The van der Waals surface area contributed by atoms with Gasteiger partial charge in [-0.15, -0.1) is 0 Å². The van der Waals surface area contributed by atoms with Crippen LogP contribution in [0.25, 0.3) is 0 Å². The molecule has 2 aliphatic heterocycles. The Kier molecular flexibility index (Phi) is 6.14. The van der Waals surface area contributed by atoms with Gasteiger partial charge in [0.1, 0.15) is 5.75 Å². The molecular formula is C20H29N3O3. The zero-order chi connectivity index (χ0) is 18.5. The van der Waals surface area contributed by atoms with Gasteiger partial charge in [0.25, 0.3) is 0 Å². The largest absolute Gasteiger partial charge is 0.494 e. The molecule has 142 valence electrons. The minimum absolute atomic E-state index is 0.0427. The second-order valence-electron chi connectivity index (χ2n) is 6.93. The molecule has 1 aromatic rings. The van der Waals surface area contributed by atoms with E-state index in [4.69, 9.17) is 4.74 Å². The van der Waals surface area contributed by atoms with Crippen LogP contribution in [0.5, 0.6) is 5.75 Å². The number of ether oxygens (including phenoxy) is 1. The second-order valence-corrected chi connectivity index (χ2v) is 6.93. The van der Waals surface area contributed by atoms with Crippen LogP contribution < -0.4 is 15.0 Å². The molecule has 0 spiro atoms. The topological polar surface area (TPSA) is 61.9 Å². The maximum absolute atomic E-state index is 13.0. The molecule has 0 bridgehead atoms. The van der Waals surface area contributed by atoms with Gasteiger partial charge in [-0.1, -0.05) is 13.3 Å². The molecule has 6 nitrogen and oxygen atoms in total. The minimum atomic E-state index is -0.243. The van der Waals surface area contributed by atoms with Gasteiger partial charge < -0.3 is 19.9 Å². The van der Waals surface area contributed by atoms with Crippen LogP contribution in [0.2, 0.25) is 0 Å².